The van der Waals surface area contributed by atoms with Crippen molar-refractivity contribution < 1.29 is 33.5 Å². The number of nitrogens with one attached hydrogen (secondary N) is 1. The van der Waals surface area contributed by atoms with Crippen LogP contribution in [0, 0.1) is 0 Å². The van der Waals surface area contributed by atoms with Gasteiger partial charge in [0.2, 0.25) is 6.61 Å². The summed E-state index contributed by atoms with van der Waals surface area (Å²) < 4.78 is 11.4. The third kappa shape index (κ3) is 8.20. The van der Waals surface area contributed by atoms with Crippen molar-refractivity contribution in [1.82, 2.24) is 15.2 Å². The van der Waals surface area contributed by atoms with Crippen LogP contribution in [0.3, 0.4) is 0 Å². The van der Waals surface area contributed by atoms with E-state index in [2.05, 4.69) is 15.5 Å². The first-order chi connectivity index (χ1) is 23.0. The molecule has 48 heavy (non-hydrogen) atoms. The van der Waals surface area contributed by atoms with Crippen LogP contribution in [0.25, 0.3) is 0 Å². The zero-order valence-electron chi connectivity index (χ0n) is 26.7. The molecule has 0 bridgehead atoms. The molecule has 2 aliphatic heterocycles. The molecule has 0 spiro atoms. The summed E-state index contributed by atoms with van der Waals surface area (Å²) in [6.45, 7) is 6.54. The highest BCUT2D eigenvalue weighted by Gasteiger charge is 2.55. The van der Waals surface area contributed by atoms with Gasteiger partial charge in [0.05, 0.1) is 0 Å². The van der Waals surface area contributed by atoms with Crippen molar-refractivity contribution in [3.63, 3.8) is 0 Å². The molecule has 1 aromatic heterocycles. The van der Waals surface area contributed by atoms with Crippen molar-refractivity contribution in [3.8, 4) is 0 Å². The van der Waals surface area contributed by atoms with E-state index >= 15 is 0 Å². The second-order valence-electron chi connectivity index (χ2n) is 11.5. The Morgan fingerprint density at radius 2 is 1.75 bits per heavy atom. The largest absolute Gasteiger partial charge is 0.457 e. The molecule has 1 fully saturated rings. The van der Waals surface area contributed by atoms with Gasteiger partial charge < -0.3 is 25.4 Å². The molecule has 15 heteroatoms. The zero-order valence-corrected chi connectivity index (χ0v) is 29.2. The number of nitrogen functional groups attached to an aromatic ring is 1. The van der Waals surface area contributed by atoms with E-state index in [-0.39, 0.29) is 22.2 Å². The van der Waals surface area contributed by atoms with E-state index in [1.807, 2.05) is 67.6 Å². The number of nitrogens with two attached hydrogens (primary N) is 1. The van der Waals surface area contributed by atoms with Crippen LogP contribution in [0.1, 0.15) is 50.6 Å². The van der Waals surface area contributed by atoms with Crippen LogP contribution in [0.2, 0.25) is 0 Å². The Morgan fingerprint density at radius 1 is 1.10 bits per heavy atom. The van der Waals surface area contributed by atoms with Crippen LogP contribution in [0.4, 0.5) is 5.13 Å². The van der Waals surface area contributed by atoms with Gasteiger partial charge in [-0.2, -0.15) is 0 Å². The number of oxime groups is 1. The Balaban J connectivity index is 1.35. The third-order valence-electron chi connectivity index (χ3n) is 6.90. The van der Waals surface area contributed by atoms with Crippen molar-refractivity contribution in [1.29, 1.82) is 0 Å². The number of rotatable bonds is 12. The molecule has 2 aliphatic rings. The number of carbonyl (C=O) groups is 4. The lowest BCUT2D eigenvalue weighted by molar-refractivity contribution is -0.160. The Hall–Kier alpha value is -4.34. The van der Waals surface area contributed by atoms with Crippen LogP contribution in [-0.2, 0) is 33.5 Å². The number of aromatic nitrogens is 1. The molecule has 1 unspecified atom stereocenters. The molecule has 252 valence electrons. The molecule has 3 aromatic rings. The lowest BCUT2D eigenvalue weighted by Gasteiger charge is -2.49. The summed E-state index contributed by atoms with van der Waals surface area (Å²) in [5.41, 5.74) is 6.63. The number of hydrogen-bond donors (Lipinski definition) is 2. The number of nitrogens with zero attached hydrogens (tertiary/aromatic N) is 3. The maximum atomic E-state index is 14.0. The second kappa shape index (κ2) is 15.3. The SMILES string of the molecule is CCSC1=C(C(=O)OC(c2ccccc2)c2ccccc2)N2C(=O)C(NC(=O)C(=NOCC(=O)OC(C)(C)C)c3csc(N)n3)[C@@H]2SC1. The monoisotopic (exact) mass is 709 g/mol. The number of carbonyl (C=O) groups excluding carboxylic acids is 4. The molecule has 0 aliphatic carbocycles. The summed E-state index contributed by atoms with van der Waals surface area (Å²) in [5.74, 6) is -1.44. The molecule has 1 saturated heterocycles. The highest BCUT2D eigenvalue weighted by Crippen LogP contribution is 2.44. The van der Waals surface area contributed by atoms with Crippen molar-refractivity contribution in [3.05, 3.63) is 93.5 Å². The van der Waals surface area contributed by atoms with Crippen LogP contribution < -0.4 is 11.1 Å². The maximum absolute atomic E-state index is 14.0. The van der Waals surface area contributed by atoms with Crippen LogP contribution >= 0.6 is 34.9 Å². The molecule has 3 N–H and O–H groups in total. The lowest BCUT2D eigenvalue weighted by Crippen LogP contribution is -2.71. The number of anilines is 1. The van der Waals surface area contributed by atoms with E-state index in [9.17, 15) is 19.2 Å². The molecule has 0 saturated carbocycles. The number of β-lactam (4-membered cyclic amide) rings is 1. The standard InChI is InChI=1S/C33H35N5O7S3/c1-5-46-22-18-47-30-25(36-28(40)24(21-17-48-32(34)35-21)37-43-16-23(39)45-33(2,3)4)29(41)38(30)26(22)31(42)44-27(19-12-8-6-9-13-19)20-14-10-7-11-15-20/h6-15,17,25,27,30H,5,16,18H2,1-4H3,(H2,34,35)(H,36,40)/t25?,30-/m0/s1. The van der Waals surface area contributed by atoms with Gasteiger partial charge in [-0.3, -0.25) is 14.5 Å². The first kappa shape index (κ1) is 35.0. The van der Waals surface area contributed by atoms with E-state index in [0.717, 1.165) is 27.4 Å². The molecular formula is C33H35N5O7S3. The first-order valence-electron chi connectivity index (χ1n) is 15.0. The van der Waals surface area contributed by atoms with E-state index in [0.29, 0.717) is 11.5 Å². The molecule has 2 aromatic carbocycles. The predicted molar refractivity (Wildman–Crippen MR) is 186 cm³/mol. The summed E-state index contributed by atoms with van der Waals surface area (Å²) in [4.78, 5) is 64.7. The minimum Gasteiger partial charge on any atom is -0.457 e. The predicted octanol–water partition coefficient (Wildman–Crippen LogP) is 4.49. The van der Waals surface area contributed by atoms with Crippen molar-refractivity contribution in [2.24, 2.45) is 5.16 Å². The fraction of sp³-hybridized carbons (Fsp3) is 0.333. The number of thiazole rings is 1. The van der Waals surface area contributed by atoms with Gasteiger partial charge in [0.15, 0.2) is 16.9 Å². The van der Waals surface area contributed by atoms with Gasteiger partial charge >= 0.3 is 11.9 Å². The van der Waals surface area contributed by atoms with Crippen LogP contribution in [-0.4, -0.2) is 74.5 Å². The zero-order chi connectivity index (χ0) is 34.4. The van der Waals surface area contributed by atoms with Crippen molar-refractivity contribution in [2.45, 2.75) is 50.8 Å². The highest BCUT2D eigenvalue weighted by molar-refractivity contribution is 8.06. The topological polar surface area (TPSA) is 163 Å². The number of ether oxygens (including phenoxy) is 2. The van der Waals surface area contributed by atoms with Gasteiger partial charge in [-0.05, 0) is 37.7 Å². The lowest BCUT2D eigenvalue weighted by atomic mass is 10.0. The number of esters is 2. The molecule has 12 nitrogen and oxygen atoms in total. The molecule has 0 radical (unpaired) electrons. The van der Waals surface area contributed by atoms with Gasteiger partial charge in [0.1, 0.15) is 28.4 Å². The second-order valence-corrected chi connectivity index (χ2v) is 14.9. The van der Waals surface area contributed by atoms with E-state index in [4.69, 9.17) is 20.0 Å². The summed E-state index contributed by atoms with van der Waals surface area (Å²) in [6.07, 6.45) is -0.704. The number of benzene rings is 2. The Morgan fingerprint density at radius 3 is 2.31 bits per heavy atom. The minimum atomic E-state index is -0.982. The maximum Gasteiger partial charge on any atom is 0.356 e. The Kier molecular flexibility index (Phi) is 11.1. The average Bonchev–Trinajstić information content (AvgIpc) is 3.49. The minimum absolute atomic E-state index is 0.109. The fourth-order valence-electron chi connectivity index (χ4n) is 4.94. The summed E-state index contributed by atoms with van der Waals surface area (Å²) >= 11 is 3.98. The van der Waals surface area contributed by atoms with Crippen LogP contribution in [0.15, 0.2) is 81.8 Å². The summed E-state index contributed by atoms with van der Waals surface area (Å²) in [7, 11) is 0. The normalized spacial score (nSPS) is 17.8. The molecule has 2 atom stereocenters. The molecular weight excluding hydrogens is 675 g/mol. The fourth-order valence-corrected chi connectivity index (χ4v) is 7.89. The van der Waals surface area contributed by atoms with E-state index in [1.54, 1.807) is 20.8 Å². The Labute approximate surface area is 290 Å². The summed E-state index contributed by atoms with van der Waals surface area (Å²) in [6, 6.07) is 17.8. The highest BCUT2D eigenvalue weighted by atomic mass is 32.2. The quantitative estimate of drug-likeness (QED) is 0.118. The van der Waals surface area contributed by atoms with Gasteiger partial charge in [0.25, 0.3) is 11.8 Å². The van der Waals surface area contributed by atoms with Crippen molar-refractivity contribution in [2.75, 3.05) is 23.8 Å². The molecule has 2 amide bonds. The Bertz CT molecular complexity index is 1680. The number of hydrogen-bond acceptors (Lipinski definition) is 13. The van der Waals surface area contributed by atoms with Gasteiger partial charge in [-0.25, -0.2) is 14.6 Å². The number of fused-ring (bicyclic) bond motifs is 1. The average molecular weight is 710 g/mol. The molecule has 3 heterocycles. The number of thioether (sulfide) groups is 2. The van der Waals surface area contributed by atoms with Gasteiger partial charge in [0, 0.05) is 16.0 Å². The smallest absolute Gasteiger partial charge is 0.356 e. The van der Waals surface area contributed by atoms with Gasteiger partial charge in [-0.1, -0.05) is 72.7 Å². The first-order valence-corrected chi connectivity index (χ1v) is 17.9. The van der Waals surface area contributed by atoms with E-state index < -0.39 is 53.5 Å². The summed E-state index contributed by atoms with van der Waals surface area (Å²) in [5, 5.41) is 7.69. The van der Waals surface area contributed by atoms with Crippen molar-refractivity contribution >= 4 is 69.5 Å². The van der Waals surface area contributed by atoms with E-state index in [1.165, 1.54) is 33.8 Å². The number of amides is 2. The van der Waals surface area contributed by atoms with Gasteiger partial charge in [-0.15, -0.1) is 34.9 Å². The molecule has 5 rings (SSSR count). The third-order valence-corrected chi connectivity index (χ3v) is 10.0. The van der Waals surface area contributed by atoms with Crippen LogP contribution in [0.5, 0.6) is 0 Å².